The van der Waals surface area contributed by atoms with E-state index in [1.807, 2.05) is 0 Å². The van der Waals surface area contributed by atoms with Crippen molar-refractivity contribution in [1.82, 2.24) is 10.3 Å². The van der Waals surface area contributed by atoms with Gasteiger partial charge in [-0.3, -0.25) is 4.79 Å². The van der Waals surface area contributed by atoms with Crippen LogP contribution in [-0.2, 0) is 4.74 Å². The molecule has 1 fully saturated rings. The Morgan fingerprint density at radius 3 is 3.17 bits per heavy atom. The van der Waals surface area contributed by atoms with Crippen molar-refractivity contribution in [3.63, 3.8) is 0 Å². The summed E-state index contributed by atoms with van der Waals surface area (Å²) in [5, 5.41) is 3.02. The maximum absolute atomic E-state index is 12.1. The molecule has 1 aromatic heterocycles. The van der Waals surface area contributed by atoms with E-state index in [-0.39, 0.29) is 18.1 Å². The molecule has 4 nitrogen and oxygen atoms in total. The average Bonchev–Trinajstić information content (AvgIpc) is 2.90. The molecule has 0 bridgehead atoms. The highest BCUT2D eigenvalue weighted by molar-refractivity contribution is 7.71. The zero-order valence-electron chi connectivity index (χ0n) is 10.4. The van der Waals surface area contributed by atoms with Crippen LogP contribution in [0.3, 0.4) is 0 Å². The van der Waals surface area contributed by atoms with Gasteiger partial charge < -0.3 is 15.0 Å². The maximum Gasteiger partial charge on any atom is 0.254 e. The number of hydrogen-bond donors (Lipinski definition) is 2. The predicted octanol–water partition coefficient (Wildman–Crippen LogP) is 2.43. The van der Waals surface area contributed by atoms with Gasteiger partial charge >= 0.3 is 0 Å². The molecule has 1 saturated heterocycles. The lowest BCUT2D eigenvalue weighted by Crippen LogP contribution is -2.42. The standard InChI is InChI=1S/C13H18N2O2S/c1-2-10(11-6-4-8-17-11)15-12(16)9-5-3-7-14-13(9)18/h3,5,7,10-11H,2,4,6,8H2,1H3,(H,14,18)(H,15,16)/t10-,11+/m1/s1. The van der Waals surface area contributed by atoms with Gasteiger partial charge in [-0.05, 0) is 31.4 Å². The fraction of sp³-hybridized carbons (Fsp3) is 0.538. The van der Waals surface area contributed by atoms with Crippen molar-refractivity contribution in [1.29, 1.82) is 0 Å². The van der Waals surface area contributed by atoms with Crippen molar-refractivity contribution in [2.75, 3.05) is 6.61 Å². The number of amides is 1. The lowest BCUT2D eigenvalue weighted by atomic mass is 10.1. The van der Waals surface area contributed by atoms with Gasteiger partial charge in [-0.2, -0.15) is 0 Å². The Morgan fingerprint density at radius 2 is 2.56 bits per heavy atom. The highest BCUT2D eigenvalue weighted by Gasteiger charge is 2.26. The molecule has 1 aliphatic rings. The fourth-order valence-electron chi connectivity index (χ4n) is 2.22. The van der Waals surface area contributed by atoms with Crippen LogP contribution >= 0.6 is 12.2 Å². The Labute approximate surface area is 112 Å². The van der Waals surface area contributed by atoms with Crippen LogP contribution in [0.15, 0.2) is 18.3 Å². The SMILES string of the molecule is CC[C@@H](NC(=O)c1ccc[nH]c1=S)[C@@H]1CCCO1. The van der Waals surface area contributed by atoms with E-state index in [0.717, 1.165) is 25.9 Å². The number of aromatic nitrogens is 1. The minimum atomic E-state index is -0.126. The van der Waals surface area contributed by atoms with Crippen molar-refractivity contribution >= 4 is 18.1 Å². The van der Waals surface area contributed by atoms with Crippen molar-refractivity contribution in [3.8, 4) is 0 Å². The van der Waals surface area contributed by atoms with Crippen LogP contribution in [-0.4, -0.2) is 29.6 Å². The summed E-state index contributed by atoms with van der Waals surface area (Å²) in [6.45, 7) is 2.85. The van der Waals surface area contributed by atoms with Crippen LogP contribution in [0.25, 0.3) is 0 Å². The number of rotatable bonds is 4. The molecule has 0 unspecified atom stereocenters. The first-order valence-electron chi connectivity index (χ1n) is 6.32. The van der Waals surface area contributed by atoms with Crippen LogP contribution in [0.2, 0.25) is 0 Å². The summed E-state index contributed by atoms with van der Waals surface area (Å²) in [4.78, 5) is 15.0. The molecule has 2 N–H and O–H groups in total. The van der Waals surface area contributed by atoms with Crippen LogP contribution < -0.4 is 5.32 Å². The van der Waals surface area contributed by atoms with Crippen molar-refractivity contribution in [2.45, 2.75) is 38.3 Å². The maximum atomic E-state index is 12.1. The molecule has 0 saturated carbocycles. The monoisotopic (exact) mass is 266 g/mol. The van der Waals surface area contributed by atoms with Gasteiger partial charge in [0.2, 0.25) is 0 Å². The molecule has 0 spiro atoms. The highest BCUT2D eigenvalue weighted by atomic mass is 32.1. The summed E-state index contributed by atoms with van der Waals surface area (Å²) in [5.41, 5.74) is 0.518. The van der Waals surface area contributed by atoms with E-state index >= 15 is 0 Å². The fourth-order valence-corrected chi connectivity index (χ4v) is 2.45. The lowest BCUT2D eigenvalue weighted by molar-refractivity contribution is 0.0665. The van der Waals surface area contributed by atoms with Crippen LogP contribution in [0.5, 0.6) is 0 Å². The van der Waals surface area contributed by atoms with Crippen molar-refractivity contribution in [2.24, 2.45) is 0 Å². The molecule has 2 atom stereocenters. The first-order chi connectivity index (χ1) is 8.72. The van der Waals surface area contributed by atoms with Gasteiger partial charge in [0.05, 0.1) is 17.7 Å². The molecule has 2 heterocycles. The number of ether oxygens (including phenoxy) is 1. The number of H-pyrrole nitrogens is 1. The lowest BCUT2D eigenvalue weighted by Gasteiger charge is -2.22. The minimum Gasteiger partial charge on any atom is -0.376 e. The second kappa shape index (κ2) is 6.11. The molecule has 0 radical (unpaired) electrons. The summed E-state index contributed by atoms with van der Waals surface area (Å²) < 4.78 is 6.09. The summed E-state index contributed by atoms with van der Waals surface area (Å²) in [7, 11) is 0. The molecule has 2 rings (SSSR count). The Hall–Kier alpha value is -1.20. The highest BCUT2D eigenvalue weighted by Crippen LogP contribution is 2.18. The molecule has 1 aliphatic heterocycles. The second-order valence-corrected chi connectivity index (χ2v) is 4.86. The second-order valence-electron chi connectivity index (χ2n) is 4.45. The smallest absolute Gasteiger partial charge is 0.254 e. The Bertz CT molecular complexity index is 466. The number of hydrogen-bond acceptors (Lipinski definition) is 3. The van der Waals surface area contributed by atoms with Crippen LogP contribution in [0.4, 0.5) is 0 Å². The third-order valence-electron chi connectivity index (χ3n) is 3.23. The predicted molar refractivity (Wildman–Crippen MR) is 72.1 cm³/mol. The minimum absolute atomic E-state index is 0.0645. The van der Waals surface area contributed by atoms with Gasteiger partial charge in [0.15, 0.2) is 0 Å². The van der Waals surface area contributed by atoms with Crippen molar-refractivity contribution < 1.29 is 9.53 Å². The Balaban J connectivity index is 2.05. The number of carbonyl (C=O) groups is 1. The zero-order valence-corrected chi connectivity index (χ0v) is 11.3. The van der Waals surface area contributed by atoms with E-state index < -0.39 is 0 Å². The van der Waals surface area contributed by atoms with Gasteiger partial charge in [-0.1, -0.05) is 19.1 Å². The summed E-state index contributed by atoms with van der Waals surface area (Å²) in [6, 6.07) is 3.57. The van der Waals surface area contributed by atoms with E-state index in [2.05, 4.69) is 17.2 Å². The van der Waals surface area contributed by atoms with Crippen molar-refractivity contribution in [3.05, 3.63) is 28.5 Å². The normalized spacial score (nSPS) is 20.6. The quantitative estimate of drug-likeness (QED) is 0.823. The topological polar surface area (TPSA) is 54.1 Å². The molecular formula is C13H18N2O2S. The number of pyridine rings is 1. The van der Waals surface area contributed by atoms with E-state index in [0.29, 0.717) is 10.2 Å². The molecule has 1 aromatic rings. The molecule has 5 heteroatoms. The van der Waals surface area contributed by atoms with Gasteiger partial charge in [0.1, 0.15) is 4.64 Å². The third kappa shape index (κ3) is 2.97. The molecule has 0 aliphatic carbocycles. The number of nitrogens with one attached hydrogen (secondary N) is 2. The Kier molecular flexibility index (Phi) is 4.49. The van der Waals surface area contributed by atoms with Gasteiger partial charge in [0, 0.05) is 12.8 Å². The van der Waals surface area contributed by atoms with Crippen LogP contribution in [0, 0.1) is 4.64 Å². The number of aromatic amines is 1. The van der Waals surface area contributed by atoms with Gasteiger partial charge in [-0.25, -0.2) is 0 Å². The first kappa shape index (κ1) is 13.2. The summed E-state index contributed by atoms with van der Waals surface area (Å²) in [6.07, 6.45) is 4.80. The van der Waals surface area contributed by atoms with E-state index in [9.17, 15) is 4.79 Å². The molecule has 0 aromatic carbocycles. The van der Waals surface area contributed by atoms with E-state index in [4.69, 9.17) is 17.0 Å². The molecule has 1 amide bonds. The van der Waals surface area contributed by atoms with Crippen LogP contribution in [0.1, 0.15) is 36.5 Å². The molecular weight excluding hydrogens is 248 g/mol. The largest absolute Gasteiger partial charge is 0.376 e. The van der Waals surface area contributed by atoms with Gasteiger partial charge in [0.25, 0.3) is 5.91 Å². The third-order valence-corrected chi connectivity index (χ3v) is 3.57. The summed E-state index contributed by atoms with van der Waals surface area (Å²) >= 11 is 5.10. The molecule has 18 heavy (non-hydrogen) atoms. The summed E-state index contributed by atoms with van der Waals surface area (Å²) in [5.74, 6) is -0.126. The zero-order chi connectivity index (χ0) is 13.0. The van der Waals surface area contributed by atoms with E-state index in [1.165, 1.54) is 0 Å². The first-order valence-corrected chi connectivity index (χ1v) is 6.73. The average molecular weight is 266 g/mol. The molecule has 98 valence electrons. The Morgan fingerprint density at radius 1 is 1.72 bits per heavy atom. The number of carbonyl (C=O) groups excluding carboxylic acids is 1. The van der Waals surface area contributed by atoms with E-state index in [1.54, 1.807) is 18.3 Å². The van der Waals surface area contributed by atoms with Gasteiger partial charge in [-0.15, -0.1) is 0 Å².